The van der Waals surface area contributed by atoms with Crippen molar-refractivity contribution in [3.05, 3.63) is 59.8 Å². The Bertz CT molecular complexity index is 903. The van der Waals surface area contributed by atoms with E-state index in [1.807, 2.05) is 62.4 Å². The first-order valence-electron chi connectivity index (χ1n) is 7.99. The van der Waals surface area contributed by atoms with Crippen LogP contribution in [0.4, 0.5) is 11.4 Å². The zero-order chi connectivity index (χ0) is 17.1. The third-order valence-corrected chi connectivity index (χ3v) is 3.79. The fourth-order valence-electron chi connectivity index (χ4n) is 2.74. The second kappa shape index (κ2) is 6.71. The van der Waals surface area contributed by atoms with Gasteiger partial charge in [0.25, 0.3) is 0 Å². The van der Waals surface area contributed by atoms with Gasteiger partial charge in [-0.05, 0) is 57.2 Å². The van der Waals surface area contributed by atoms with Crippen molar-refractivity contribution in [1.82, 2.24) is 4.98 Å². The Labute approximate surface area is 141 Å². The first-order chi connectivity index (χ1) is 11.6. The minimum Gasteiger partial charge on any atom is -0.494 e. The molecule has 1 N–H and O–H groups in total. The minimum atomic E-state index is 0.0307. The molecule has 3 aromatic rings. The van der Waals surface area contributed by atoms with Crippen molar-refractivity contribution < 1.29 is 9.53 Å². The topological polar surface area (TPSA) is 51.2 Å². The number of ether oxygens (including phenoxy) is 1. The molecule has 0 bridgehead atoms. The van der Waals surface area contributed by atoms with Crippen LogP contribution in [0.2, 0.25) is 0 Å². The molecule has 0 radical (unpaired) electrons. The van der Waals surface area contributed by atoms with Gasteiger partial charge in [0, 0.05) is 28.0 Å². The molecule has 0 aliphatic heterocycles. The van der Waals surface area contributed by atoms with Gasteiger partial charge in [-0.2, -0.15) is 0 Å². The second-order valence-electron chi connectivity index (χ2n) is 5.65. The lowest BCUT2D eigenvalue weighted by molar-refractivity contribution is 0.101. The van der Waals surface area contributed by atoms with Crippen LogP contribution in [0.15, 0.2) is 48.5 Å². The molecule has 122 valence electrons. The summed E-state index contributed by atoms with van der Waals surface area (Å²) in [5.41, 5.74) is 4.17. The maximum atomic E-state index is 11.9. The van der Waals surface area contributed by atoms with Crippen LogP contribution in [0, 0.1) is 6.92 Å². The Balaban J connectivity index is 2.11. The standard InChI is InChI=1S/C20H20N2O2/c1-4-24-15-9-10-19-17(12-15)20(11-13(2)21-19)22-18-8-6-5-7-16(18)14(3)23/h5-12H,4H2,1-3H3,(H,21,22). The number of Topliss-reactive ketones (excluding diaryl/α,β-unsaturated/α-hetero) is 1. The van der Waals surface area contributed by atoms with Gasteiger partial charge in [0.1, 0.15) is 5.75 Å². The number of carbonyl (C=O) groups is 1. The number of aromatic nitrogens is 1. The first kappa shape index (κ1) is 16.0. The van der Waals surface area contributed by atoms with Crippen LogP contribution in [-0.2, 0) is 0 Å². The number of hydrogen-bond acceptors (Lipinski definition) is 4. The second-order valence-corrected chi connectivity index (χ2v) is 5.65. The van der Waals surface area contributed by atoms with E-state index >= 15 is 0 Å². The van der Waals surface area contributed by atoms with Crippen LogP contribution in [-0.4, -0.2) is 17.4 Å². The molecular formula is C20H20N2O2. The van der Waals surface area contributed by atoms with Crippen molar-refractivity contribution >= 4 is 28.1 Å². The van der Waals surface area contributed by atoms with Crippen LogP contribution in [0.25, 0.3) is 10.9 Å². The van der Waals surface area contributed by atoms with Crippen LogP contribution in [0.5, 0.6) is 5.75 Å². The molecule has 24 heavy (non-hydrogen) atoms. The SMILES string of the molecule is CCOc1ccc2nc(C)cc(Nc3ccccc3C(C)=O)c2c1. The van der Waals surface area contributed by atoms with Crippen LogP contribution < -0.4 is 10.1 Å². The zero-order valence-corrected chi connectivity index (χ0v) is 14.1. The smallest absolute Gasteiger partial charge is 0.161 e. The van der Waals surface area contributed by atoms with E-state index in [1.165, 1.54) is 0 Å². The molecule has 0 aliphatic carbocycles. The maximum Gasteiger partial charge on any atom is 0.161 e. The number of carbonyl (C=O) groups excluding carboxylic acids is 1. The number of nitrogens with zero attached hydrogens (tertiary/aromatic N) is 1. The lowest BCUT2D eigenvalue weighted by Crippen LogP contribution is -2.01. The number of para-hydroxylation sites is 1. The van der Waals surface area contributed by atoms with Gasteiger partial charge in [0.2, 0.25) is 0 Å². The van der Waals surface area contributed by atoms with E-state index in [9.17, 15) is 4.79 Å². The molecule has 0 aliphatic rings. The number of ketones is 1. The highest BCUT2D eigenvalue weighted by molar-refractivity contribution is 6.02. The number of pyridine rings is 1. The molecule has 0 spiro atoms. The Morgan fingerprint density at radius 2 is 1.92 bits per heavy atom. The largest absolute Gasteiger partial charge is 0.494 e. The monoisotopic (exact) mass is 320 g/mol. The third-order valence-electron chi connectivity index (χ3n) is 3.79. The average molecular weight is 320 g/mol. The van der Waals surface area contributed by atoms with Gasteiger partial charge in [0.05, 0.1) is 12.1 Å². The molecule has 4 nitrogen and oxygen atoms in total. The number of aryl methyl sites for hydroxylation is 1. The maximum absolute atomic E-state index is 11.9. The van der Waals surface area contributed by atoms with Gasteiger partial charge in [-0.1, -0.05) is 12.1 Å². The lowest BCUT2D eigenvalue weighted by Gasteiger charge is -2.14. The Kier molecular flexibility index (Phi) is 4.47. The summed E-state index contributed by atoms with van der Waals surface area (Å²) in [5, 5.41) is 4.35. The van der Waals surface area contributed by atoms with Gasteiger partial charge < -0.3 is 10.1 Å². The average Bonchev–Trinajstić information content (AvgIpc) is 2.56. The summed E-state index contributed by atoms with van der Waals surface area (Å²) in [6.07, 6.45) is 0. The molecule has 0 atom stereocenters. The first-order valence-corrected chi connectivity index (χ1v) is 7.99. The highest BCUT2D eigenvalue weighted by Crippen LogP contribution is 2.30. The van der Waals surface area contributed by atoms with E-state index in [2.05, 4.69) is 10.3 Å². The summed E-state index contributed by atoms with van der Waals surface area (Å²) in [7, 11) is 0. The Morgan fingerprint density at radius 1 is 1.12 bits per heavy atom. The summed E-state index contributed by atoms with van der Waals surface area (Å²) in [4.78, 5) is 16.4. The third kappa shape index (κ3) is 3.23. The number of hydrogen-bond donors (Lipinski definition) is 1. The van der Waals surface area contributed by atoms with Crippen LogP contribution in [0.3, 0.4) is 0 Å². The van der Waals surface area contributed by atoms with Crippen molar-refractivity contribution in [2.75, 3.05) is 11.9 Å². The van der Waals surface area contributed by atoms with E-state index < -0.39 is 0 Å². The van der Waals surface area contributed by atoms with E-state index in [1.54, 1.807) is 6.92 Å². The molecule has 0 amide bonds. The molecule has 0 saturated carbocycles. The van der Waals surface area contributed by atoms with Crippen LogP contribution in [0.1, 0.15) is 29.9 Å². The normalized spacial score (nSPS) is 10.6. The zero-order valence-electron chi connectivity index (χ0n) is 14.1. The molecule has 0 unspecified atom stereocenters. The van der Waals surface area contributed by atoms with E-state index in [0.29, 0.717) is 12.2 Å². The van der Waals surface area contributed by atoms with Crippen molar-refractivity contribution in [1.29, 1.82) is 0 Å². The fourth-order valence-corrected chi connectivity index (χ4v) is 2.74. The summed E-state index contributed by atoms with van der Waals surface area (Å²) in [6.45, 7) is 6.10. The highest BCUT2D eigenvalue weighted by atomic mass is 16.5. The molecule has 3 rings (SSSR count). The van der Waals surface area contributed by atoms with Gasteiger partial charge in [-0.3, -0.25) is 9.78 Å². The van der Waals surface area contributed by atoms with Gasteiger partial charge in [-0.25, -0.2) is 0 Å². The molecular weight excluding hydrogens is 300 g/mol. The highest BCUT2D eigenvalue weighted by Gasteiger charge is 2.10. The Hall–Kier alpha value is -2.88. The number of anilines is 2. The Morgan fingerprint density at radius 3 is 2.67 bits per heavy atom. The minimum absolute atomic E-state index is 0.0307. The van der Waals surface area contributed by atoms with Crippen molar-refractivity contribution in [2.24, 2.45) is 0 Å². The van der Waals surface area contributed by atoms with Crippen molar-refractivity contribution in [3.8, 4) is 5.75 Å². The molecule has 2 aromatic carbocycles. The molecule has 0 fully saturated rings. The number of nitrogens with one attached hydrogen (secondary N) is 1. The summed E-state index contributed by atoms with van der Waals surface area (Å²) < 4.78 is 5.60. The van der Waals surface area contributed by atoms with Crippen molar-refractivity contribution in [3.63, 3.8) is 0 Å². The van der Waals surface area contributed by atoms with Crippen LogP contribution >= 0.6 is 0 Å². The van der Waals surface area contributed by atoms with E-state index in [4.69, 9.17) is 4.74 Å². The predicted octanol–water partition coefficient (Wildman–Crippen LogP) is 4.89. The number of fused-ring (bicyclic) bond motifs is 1. The molecule has 0 saturated heterocycles. The van der Waals surface area contributed by atoms with E-state index in [0.717, 1.165) is 33.7 Å². The fraction of sp³-hybridized carbons (Fsp3) is 0.200. The quantitative estimate of drug-likeness (QED) is 0.680. The van der Waals surface area contributed by atoms with Crippen molar-refractivity contribution in [2.45, 2.75) is 20.8 Å². The van der Waals surface area contributed by atoms with Gasteiger partial charge >= 0.3 is 0 Å². The predicted molar refractivity (Wildman–Crippen MR) is 97.4 cm³/mol. The van der Waals surface area contributed by atoms with E-state index in [-0.39, 0.29) is 5.78 Å². The summed E-state index contributed by atoms with van der Waals surface area (Å²) >= 11 is 0. The summed E-state index contributed by atoms with van der Waals surface area (Å²) in [6, 6.07) is 15.3. The summed E-state index contributed by atoms with van der Waals surface area (Å²) in [5.74, 6) is 0.835. The van der Waals surface area contributed by atoms with Gasteiger partial charge in [0.15, 0.2) is 5.78 Å². The number of rotatable bonds is 5. The lowest BCUT2D eigenvalue weighted by atomic mass is 10.1. The van der Waals surface area contributed by atoms with Gasteiger partial charge in [-0.15, -0.1) is 0 Å². The molecule has 4 heteroatoms. The number of benzene rings is 2. The molecule has 1 aromatic heterocycles. The molecule has 1 heterocycles.